The van der Waals surface area contributed by atoms with Gasteiger partial charge in [-0.05, 0) is 54.8 Å². The van der Waals surface area contributed by atoms with Crippen molar-refractivity contribution in [1.82, 2.24) is 9.88 Å². The first-order valence-electron chi connectivity index (χ1n) is 9.82. The monoisotopic (exact) mass is 404 g/mol. The van der Waals surface area contributed by atoms with Crippen molar-refractivity contribution in [3.05, 3.63) is 89.8 Å². The molecule has 1 amide bonds. The summed E-state index contributed by atoms with van der Waals surface area (Å²) in [6.45, 7) is 0.642. The third kappa shape index (κ3) is 3.24. The molecule has 0 N–H and O–H groups in total. The second-order valence-corrected chi connectivity index (χ2v) is 7.38. The Morgan fingerprint density at radius 1 is 1.03 bits per heavy atom. The molecule has 1 aliphatic heterocycles. The minimum absolute atomic E-state index is 0.0468. The molecule has 3 aromatic carbocycles. The molecule has 1 fully saturated rings. The van der Waals surface area contributed by atoms with Crippen LogP contribution in [-0.2, 0) is 0 Å². The molecular formula is C24H18F2N2O2. The van der Waals surface area contributed by atoms with E-state index in [1.54, 1.807) is 35.2 Å². The number of carbonyl (C=O) groups excluding carboxylic acids is 1. The number of amides is 1. The van der Waals surface area contributed by atoms with Crippen molar-refractivity contribution in [2.24, 2.45) is 0 Å². The number of oxazole rings is 1. The van der Waals surface area contributed by atoms with Crippen molar-refractivity contribution in [2.45, 2.75) is 18.9 Å². The summed E-state index contributed by atoms with van der Waals surface area (Å²) < 4.78 is 33.3. The SMILES string of the molecule is O=C(c1ccccc1)N1CCCC1c1nc2cc(-c3ccc(F)cc3F)ccc2o1. The van der Waals surface area contributed by atoms with Crippen LogP contribution in [0.25, 0.3) is 22.2 Å². The zero-order chi connectivity index (χ0) is 20.7. The van der Waals surface area contributed by atoms with Gasteiger partial charge in [0.05, 0.1) is 0 Å². The zero-order valence-electron chi connectivity index (χ0n) is 16.0. The number of aromatic nitrogens is 1. The van der Waals surface area contributed by atoms with E-state index in [0.29, 0.717) is 40.2 Å². The first-order chi connectivity index (χ1) is 14.6. The van der Waals surface area contributed by atoms with Gasteiger partial charge in [0.1, 0.15) is 23.2 Å². The van der Waals surface area contributed by atoms with Gasteiger partial charge in [-0.25, -0.2) is 13.8 Å². The molecule has 6 heteroatoms. The van der Waals surface area contributed by atoms with E-state index in [2.05, 4.69) is 4.98 Å². The van der Waals surface area contributed by atoms with Crippen molar-refractivity contribution in [3.8, 4) is 11.1 Å². The summed E-state index contributed by atoms with van der Waals surface area (Å²) in [5.74, 6) is -0.822. The van der Waals surface area contributed by atoms with Gasteiger partial charge in [0.15, 0.2) is 5.58 Å². The molecule has 1 unspecified atom stereocenters. The van der Waals surface area contributed by atoms with E-state index < -0.39 is 11.6 Å². The van der Waals surface area contributed by atoms with Crippen LogP contribution in [0.1, 0.15) is 35.1 Å². The summed E-state index contributed by atoms with van der Waals surface area (Å²) >= 11 is 0. The van der Waals surface area contributed by atoms with Crippen molar-refractivity contribution in [3.63, 3.8) is 0 Å². The van der Waals surface area contributed by atoms with Crippen LogP contribution in [0.2, 0.25) is 0 Å². The Balaban J connectivity index is 1.48. The maximum absolute atomic E-state index is 14.2. The molecular weight excluding hydrogens is 386 g/mol. The molecule has 1 atom stereocenters. The molecule has 150 valence electrons. The topological polar surface area (TPSA) is 46.3 Å². The summed E-state index contributed by atoms with van der Waals surface area (Å²) in [7, 11) is 0. The molecule has 0 spiro atoms. The highest BCUT2D eigenvalue weighted by atomic mass is 19.1. The van der Waals surface area contributed by atoms with E-state index in [1.807, 2.05) is 18.2 Å². The fourth-order valence-corrected chi connectivity index (χ4v) is 3.99. The van der Waals surface area contributed by atoms with Gasteiger partial charge in [-0.1, -0.05) is 24.3 Å². The van der Waals surface area contributed by atoms with E-state index in [1.165, 1.54) is 12.1 Å². The van der Waals surface area contributed by atoms with Gasteiger partial charge >= 0.3 is 0 Å². The average molecular weight is 404 g/mol. The van der Waals surface area contributed by atoms with Gasteiger partial charge in [-0.15, -0.1) is 0 Å². The largest absolute Gasteiger partial charge is 0.438 e. The third-order valence-electron chi connectivity index (χ3n) is 5.47. The Morgan fingerprint density at radius 3 is 2.67 bits per heavy atom. The van der Waals surface area contributed by atoms with Crippen LogP contribution in [0.3, 0.4) is 0 Å². The lowest BCUT2D eigenvalue weighted by Crippen LogP contribution is -2.30. The highest BCUT2D eigenvalue weighted by Crippen LogP contribution is 2.35. The Morgan fingerprint density at radius 2 is 1.87 bits per heavy atom. The van der Waals surface area contributed by atoms with E-state index in [0.717, 1.165) is 18.9 Å². The number of rotatable bonds is 3. The number of carbonyl (C=O) groups is 1. The number of benzene rings is 3. The van der Waals surface area contributed by atoms with Crippen LogP contribution in [-0.4, -0.2) is 22.3 Å². The Kier molecular flexibility index (Phi) is 4.54. The predicted molar refractivity (Wildman–Crippen MR) is 109 cm³/mol. The first-order valence-corrected chi connectivity index (χ1v) is 9.82. The Bertz CT molecular complexity index is 1240. The first kappa shape index (κ1) is 18.5. The summed E-state index contributed by atoms with van der Waals surface area (Å²) in [5.41, 5.74) is 2.66. The molecule has 0 saturated carbocycles. The lowest BCUT2D eigenvalue weighted by molar-refractivity contribution is 0.0717. The summed E-state index contributed by atoms with van der Waals surface area (Å²) in [6.07, 6.45) is 1.64. The normalized spacial score (nSPS) is 16.3. The van der Waals surface area contributed by atoms with Crippen LogP contribution in [0, 0.1) is 11.6 Å². The molecule has 0 radical (unpaired) electrons. The molecule has 1 aliphatic rings. The third-order valence-corrected chi connectivity index (χ3v) is 5.47. The fourth-order valence-electron chi connectivity index (χ4n) is 3.99. The minimum atomic E-state index is -0.631. The number of hydrogen-bond donors (Lipinski definition) is 0. The van der Waals surface area contributed by atoms with Crippen LogP contribution in [0.15, 0.2) is 71.1 Å². The molecule has 5 rings (SSSR count). The second-order valence-electron chi connectivity index (χ2n) is 7.38. The quantitative estimate of drug-likeness (QED) is 0.437. The van der Waals surface area contributed by atoms with E-state index in [-0.39, 0.29) is 11.9 Å². The van der Waals surface area contributed by atoms with Gasteiger partial charge in [-0.3, -0.25) is 4.79 Å². The van der Waals surface area contributed by atoms with Crippen LogP contribution < -0.4 is 0 Å². The van der Waals surface area contributed by atoms with Crippen molar-refractivity contribution < 1.29 is 18.0 Å². The van der Waals surface area contributed by atoms with Crippen molar-refractivity contribution in [1.29, 1.82) is 0 Å². The van der Waals surface area contributed by atoms with Crippen LogP contribution in [0.4, 0.5) is 8.78 Å². The maximum atomic E-state index is 14.2. The molecule has 30 heavy (non-hydrogen) atoms. The van der Waals surface area contributed by atoms with E-state index >= 15 is 0 Å². The molecule has 2 heterocycles. The second kappa shape index (κ2) is 7.37. The van der Waals surface area contributed by atoms with Crippen LogP contribution >= 0.6 is 0 Å². The Hall–Kier alpha value is -3.54. The predicted octanol–water partition coefficient (Wildman–Crippen LogP) is 5.75. The molecule has 1 aromatic heterocycles. The van der Waals surface area contributed by atoms with Crippen molar-refractivity contribution >= 4 is 17.0 Å². The van der Waals surface area contributed by atoms with Gasteiger partial charge in [0.25, 0.3) is 5.91 Å². The Labute approximate surface area is 171 Å². The number of nitrogens with zero attached hydrogens (tertiary/aromatic N) is 2. The molecule has 4 nitrogen and oxygen atoms in total. The number of halogens is 2. The number of likely N-dealkylation sites (tertiary alicyclic amines) is 1. The molecule has 4 aromatic rings. The lowest BCUT2D eigenvalue weighted by atomic mass is 10.0. The highest BCUT2D eigenvalue weighted by molar-refractivity contribution is 5.94. The summed E-state index contributed by atoms with van der Waals surface area (Å²) in [4.78, 5) is 19.3. The maximum Gasteiger partial charge on any atom is 0.254 e. The van der Waals surface area contributed by atoms with Gasteiger partial charge in [0.2, 0.25) is 5.89 Å². The number of fused-ring (bicyclic) bond motifs is 1. The minimum Gasteiger partial charge on any atom is -0.438 e. The molecule has 1 saturated heterocycles. The van der Waals surface area contributed by atoms with Crippen molar-refractivity contribution in [2.75, 3.05) is 6.54 Å². The van der Waals surface area contributed by atoms with Gasteiger partial charge in [0, 0.05) is 23.7 Å². The summed E-state index contributed by atoms with van der Waals surface area (Å²) in [6, 6.07) is 17.6. The number of hydrogen-bond acceptors (Lipinski definition) is 3. The lowest BCUT2D eigenvalue weighted by Gasteiger charge is -2.22. The summed E-state index contributed by atoms with van der Waals surface area (Å²) in [5, 5.41) is 0. The molecule has 0 aliphatic carbocycles. The highest BCUT2D eigenvalue weighted by Gasteiger charge is 2.34. The average Bonchev–Trinajstić information content (AvgIpc) is 3.40. The van der Waals surface area contributed by atoms with Gasteiger partial charge < -0.3 is 9.32 Å². The van der Waals surface area contributed by atoms with E-state index in [9.17, 15) is 13.6 Å². The van der Waals surface area contributed by atoms with E-state index in [4.69, 9.17) is 4.42 Å². The zero-order valence-corrected chi connectivity index (χ0v) is 16.0. The van der Waals surface area contributed by atoms with Crippen LogP contribution in [0.5, 0.6) is 0 Å². The van der Waals surface area contributed by atoms with Gasteiger partial charge in [-0.2, -0.15) is 0 Å². The molecule has 0 bridgehead atoms. The smallest absolute Gasteiger partial charge is 0.254 e. The fraction of sp³-hybridized carbons (Fsp3) is 0.167. The standard InChI is InChI=1S/C24H18F2N2O2/c25-17-9-10-18(19(26)14-17)16-8-11-22-20(13-16)27-23(30-22)21-7-4-12-28(21)24(29)15-5-2-1-3-6-15/h1-3,5-6,8-11,13-14,21H,4,7,12H2.